The van der Waals surface area contributed by atoms with E-state index < -0.39 is 0 Å². The molecule has 0 saturated heterocycles. The van der Waals surface area contributed by atoms with E-state index in [4.69, 9.17) is 9.97 Å². The number of fused-ring (bicyclic) bond motifs is 1. The Labute approximate surface area is 155 Å². The van der Waals surface area contributed by atoms with Crippen molar-refractivity contribution in [3.8, 4) is 0 Å². The summed E-state index contributed by atoms with van der Waals surface area (Å²) in [5.41, 5.74) is 4.09. The van der Waals surface area contributed by atoms with Crippen LogP contribution in [0.25, 0.3) is 23.2 Å². The van der Waals surface area contributed by atoms with Crippen LogP contribution in [-0.4, -0.2) is 26.3 Å². The minimum atomic E-state index is 0.534. The number of hydrogen-bond donors (Lipinski definition) is 1. The van der Waals surface area contributed by atoms with E-state index in [0.29, 0.717) is 11.7 Å². The fourth-order valence-electron chi connectivity index (χ4n) is 2.90. The smallest absolute Gasteiger partial charge is 0.156 e. The second kappa shape index (κ2) is 8.13. The van der Waals surface area contributed by atoms with Crippen LogP contribution in [0.15, 0.2) is 30.3 Å². The lowest BCUT2D eigenvalue weighted by Gasteiger charge is -2.10. The highest BCUT2D eigenvalue weighted by Crippen LogP contribution is 2.24. The molecule has 0 bridgehead atoms. The van der Waals surface area contributed by atoms with Gasteiger partial charge in [-0.15, -0.1) is 0 Å². The molecular formula is C21H27N5. The summed E-state index contributed by atoms with van der Waals surface area (Å²) in [6.45, 7) is 7.40. The van der Waals surface area contributed by atoms with E-state index in [1.165, 1.54) is 0 Å². The molecule has 2 heterocycles. The van der Waals surface area contributed by atoms with Crippen LogP contribution in [0, 0.1) is 5.92 Å². The number of aryl methyl sites for hydroxylation is 2. The molecule has 0 unspecified atom stereocenters. The summed E-state index contributed by atoms with van der Waals surface area (Å²) >= 11 is 0. The summed E-state index contributed by atoms with van der Waals surface area (Å²) in [6, 6.07) is 10.2. The Balaban J connectivity index is 2.05. The van der Waals surface area contributed by atoms with Crippen molar-refractivity contribution in [3.63, 3.8) is 0 Å². The number of hydrogen-bond acceptors (Lipinski definition) is 4. The van der Waals surface area contributed by atoms with Gasteiger partial charge in [-0.25, -0.2) is 9.97 Å². The van der Waals surface area contributed by atoms with Gasteiger partial charge in [0.05, 0.1) is 5.69 Å². The van der Waals surface area contributed by atoms with Crippen LogP contribution in [-0.2, 0) is 13.5 Å². The van der Waals surface area contributed by atoms with Gasteiger partial charge in [0.2, 0.25) is 0 Å². The molecule has 0 aliphatic rings. The van der Waals surface area contributed by atoms with E-state index in [0.717, 1.165) is 47.5 Å². The first kappa shape index (κ1) is 18.1. The molecule has 1 aromatic carbocycles. The van der Waals surface area contributed by atoms with Gasteiger partial charge in [0.1, 0.15) is 11.0 Å². The molecule has 0 spiro atoms. The van der Waals surface area contributed by atoms with E-state index in [-0.39, 0.29) is 0 Å². The average molecular weight is 349 g/mol. The molecule has 0 fully saturated rings. The fourth-order valence-corrected chi connectivity index (χ4v) is 2.90. The topological polar surface area (TPSA) is 55.6 Å². The highest BCUT2D eigenvalue weighted by atomic mass is 15.3. The van der Waals surface area contributed by atoms with Crippen molar-refractivity contribution in [2.45, 2.75) is 33.6 Å². The minimum absolute atomic E-state index is 0.534. The number of benzene rings is 1. The van der Waals surface area contributed by atoms with Gasteiger partial charge in [-0.1, -0.05) is 63.6 Å². The Morgan fingerprint density at radius 2 is 1.88 bits per heavy atom. The Morgan fingerprint density at radius 3 is 2.58 bits per heavy atom. The third-order valence-corrected chi connectivity index (χ3v) is 4.16. The quantitative estimate of drug-likeness (QED) is 0.680. The number of rotatable bonds is 7. The third kappa shape index (κ3) is 4.10. The van der Waals surface area contributed by atoms with Crippen LogP contribution in [0.2, 0.25) is 0 Å². The molecular weight excluding hydrogens is 322 g/mol. The van der Waals surface area contributed by atoms with Crippen molar-refractivity contribution in [2.75, 3.05) is 11.9 Å². The van der Waals surface area contributed by atoms with E-state index in [2.05, 4.69) is 43.3 Å². The Bertz CT molecular complexity index is 894. The molecule has 0 aliphatic heterocycles. The maximum Gasteiger partial charge on any atom is 0.156 e. The molecule has 26 heavy (non-hydrogen) atoms. The molecule has 0 saturated carbocycles. The van der Waals surface area contributed by atoms with Crippen molar-refractivity contribution in [1.29, 1.82) is 0 Å². The molecule has 5 nitrogen and oxygen atoms in total. The zero-order valence-corrected chi connectivity index (χ0v) is 16.0. The van der Waals surface area contributed by atoms with Crippen LogP contribution < -0.4 is 5.32 Å². The lowest BCUT2D eigenvalue weighted by Crippen LogP contribution is -2.11. The van der Waals surface area contributed by atoms with Gasteiger partial charge in [0, 0.05) is 13.6 Å². The second-order valence-electron chi connectivity index (χ2n) is 6.97. The van der Waals surface area contributed by atoms with Crippen molar-refractivity contribution in [3.05, 3.63) is 47.4 Å². The zero-order valence-electron chi connectivity index (χ0n) is 16.0. The van der Waals surface area contributed by atoms with E-state index in [1.54, 1.807) is 0 Å². The molecule has 2 aromatic heterocycles. The molecule has 0 atom stereocenters. The first-order valence-electron chi connectivity index (χ1n) is 9.29. The average Bonchev–Trinajstić information content (AvgIpc) is 2.95. The van der Waals surface area contributed by atoms with Gasteiger partial charge in [0.25, 0.3) is 0 Å². The van der Waals surface area contributed by atoms with Gasteiger partial charge in [-0.3, -0.25) is 4.68 Å². The fraction of sp³-hybridized carbons (Fsp3) is 0.381. The lowest BCUT2D eigenvalue weighted by molar-refractivity contribution is 0.686. The normalized spacial score (nSPS) is 11.7. The summed E-state index contributed by atoms with van der Waals surface area (Å²) in [7, 11) is 1.96. The number of anilines is 1. The minimum Gasteiger partial charge on any atom is -0.368 e. The van der Waals surface area contributed by atoms with Gasteiger partial charge < -0.3 is 5.32 Å². The van der Waals surface area contributed by atoms with Gasteiger partial charge >= 0.3 is 0 Å². The van der Waals surface area contributed by atoms with Crippen LogP contribution in [0.3, 0.4) is 0 Å². The maximum atomic E-state index is 4.80. The summed E-state index contributed by atoms with van der Waals surface area (Å²) in [6.07, 6.45) is 5.97. The molecule has 0 amide bonds. The van der Waals surface area contributed by atoms with E-state index in [9.17, 15) is 0 Å². The van der Waals surface area contributed by atoms with Crippen molar-refractivity contribution in [1.82, 2.24) is 19.7 Å². The molecule has 5 heteroatoms. The Hall–Kier alpha value is -2.69. The summed E-state index contributed by atoms with van der Waals surface area (Å²) < 4.78 is 1.90. The van der Waals surface area contributed by atoms with Gasteiger partial charge in [-0.05, 0) is 24.0 Å². The highest BCUT2D eigenvalue weighted by Gasteiger charge is 2.16. The van der Waals surface area contributed by atoms with E-state index >= 15 is 0 Å². The molecule has 3 aromatic rings. The molecule has 0 aliphatic carbocycles. The predicted octanol–water partition coefficient (Wildman–Crippen LogP) is 4.55. The van der Waals surface area contributed by atoms with Gasteiger partial charge in [-0.2, -0.15) is 5.10 Å². The number of nitrogens with zero attached hydrogens (tertiary/aromatic N) is 4. The monoisotopic (exact) mass is 349 g/mol. The maximum absolute atomic E-state index is 4.80. The standard InChI is InChI=1S/C21H27N5/c1-5-9-17-19-20(26(4)25-17)21(22-14-15(2)3)24-18(23-19)13-12-16-10-7-6-8-11-16/h6-8,10-13,15H,5,9,14H2,1-4H3,(H,22,23,24)/b13-12+. The van der Waals surface area contributed by atoms with Crippen molar-refractivity contribution < 1.29 is 0 Å². The Morgan fingerprint density at radius 1 is 1.12 bits per heavy atom. The second-order valence-corrected chi connectivity index (χ2v) is 6.97. The van der Waals surface area contributed by atoms with Crippen LogP contribution in [0.1, 0.15) is 44.3 Å². The van der Waals surface area contributed by atoms with E-state index in [1.807, 2.05) is 42.1 Å². The van der Waals surface area contributed by atoms with Crippen LogP contribution in [0.4, 0.5) is 5.82 Å². The molecule has 1 N–H and O–H groups in total. The summed E-state index contributed by atoms with van der Waals surface area (Å²) in [5, 5.41) is 8.15. The summed E-state index contributed by atoms with van der Waals surface area (Å²) in [5.74, 6) is 2.10. The third-order valence-electron chi connectivity index (χ3n) is 4.16. The SMILES string of the molecule is CCCc1nn(C)c2c(NCC(C)C)nc(/C=C/c3ccccc3)nc12. The van der Waals surface area contributed by atoms with Crippen LogP contribution in [0.5, 0.6) is 0 Å². The van der Waals surface area contributed by atoms with Crippen molar-refractivity contribution in [2.24, 2.45) is 13.0 Å². The zero-order chi connectivity index (χ0) is 18.5. The van der Waals surface area contributed by atoms with Gasteiger partial charge in [0.15, 0.2) is 11.6 Å². The molecule has 3 rings (SSSR count). The predicted molar refractivity (Wildman–Crippen MR) is 109 cm³/mol. The molecule has 136 valence electrons. The first-order valence-corrected chi connectivity index (χ1v) is 9.29. The Kier molecular flexibility index (Phi) is 5.66. The molecule has 0 radical (unpaired) electrons. The largest absolute Gasteiger partial charge is 0.368 e. The van der Waals surface area contributed by atoms with Crippen LogP contribution >= 0.6 is 0 Å². The first-order chi connectivity index (χ1) is 12.6. The number of nitrogens with one attached hydrogen (secondary N) is 1. The van der Waals surface area contributed by atoms with Crippen molar-refractivity contribution >= 4 is 29.0 Å². The highest BCUT2D eigenvalue weighted by molar-refractivity contribution is 5.88. The number of aromatic nitrogens is 4. The lowest BCUT2D eigenvalue weighted by atomic mass is 10.2. The summed E-state index contributed by atoms with van der Waals surface area (Å²) in [4.78, 5) is 9.55.